The number of thioether (sulfide) groups is 1. The van der Waals surface area contributed by atoms with Gasteiger partial charge in [-0.2, -0.15) is 0 Å². The molecule has 1 atom stereocenters. The second-order valence-corrected chi connectivity index (χ2v) is 6.77. The summed E-state index contributed by atoms with van der Waals surface area (Å²) in [6.07, 6.45) is 2.21. The van der Waals surface area contributed by atoms with Gasteiger partial charge < -0.3 is 5.32 Å². The van der Waals surface area contributed by atoms with Crippen molar-refractivity contribution in [2.75, 3.05) is 12.4 Å². The highest BCUT2D eigenvalue weighted by Crippen LogP contribution is 2.34. The van der Waals surface area contributed by atoms with Gasteiger partial charge in [-0.05, 0) is 18.9 Å². The molecule has 0 bridgehead atoms. The predicted octanol–water partition coefficient (Wildman–Crippen LogP) is 4.19. The maximum atomic E-state index is 4.60. The number of nitrogens with zero attached hydrogens (tertiary/aromatic N) is 2. The first-order valence-electron chi connectivity index (χ1n) is 6.32. The number of thiophene rings is 1. The van der Waals surface area contributed by atoms with Crippen molar-refractivity contribution >= 4 is 39.3 Å². The number of hydrogen-bond donors (Lipinski definition) is 1. The number of anilines is 1. The van der Waals surface area contributed by atoms with E-state index in [1.807, 2.05) is 18.8 Å². The van der Waals surface area contributed by atoms with Crippen LogP contribution in [0.3, 0.4) is 0 Å². The number of rotatable bonds is 5. The van der Waals surface area contributed by atoms with E-state index in [0.717, 1.165) is 28.6 Å². The summed E-state index contributed by atoms with van der Waals surface area (Å²) in [5, 5.41) is 5.95. The van der Waals surface area contributed by atoms with Crippen molar-refractivity contribution < 1.29 is 0 Å². The Morgan fingerprint density at radius 3 is 2.78 bits per heavy atom. The lowest BCUT2D eigenvalue weighted by Gasteiger charge is -2.09. The molecule has 0 amide bonds. The molecule has 0 aromatic carbocycles. The van der Waals surface area contributed by atoms with Crippen molar-refractivity contribution in [2.24, 2.45) is 0 Å². The number of aryl methyl sites for hydroxylation is 1. The van der Waals surface area contributed by atoms with E-state index in [1.165, 1.54) is 10.3 Å². The van der Waals surface area contributed by atoms with E-state index in [2.05, 4.69) is 42.1 Å². The lowest BCUT2D eigenvalue weighted by molar-refractivity contribution is 0.902. The molecule has 0 aliphatic heterocycles. The van der Waals surface area contributed by atoms with Gasteiger partial charge in [0.2, 0.25) is 5.95 Å². The molecular formula is C13H19N3S2. The van der Waals surface area contributed by atoms with E-state index >= 15 is 0 Å². The van der Waals surface area contributed by atoms with Crippen LogP contribution in [0.1, 0.15) is 32.1 Å². The van der Waals surface area contributed by atoms with E-state index in [-0.39, 0.29) is 0 Å². The minimum Gasteiger partial charge on any atom is -0.357 e. The second kappa shape index (κ2) is 5.89. The Morgan fingerprint density at radius 1 is 1.39 bits per heavy atom. The molecular weight excluding hydrogens is 262 g/mol. The van der Waals surface area contributed by atoms with Gasteiger partial charge >= 0.3 is 0 Å². The Kier molecular flexibility index (Phi) is 4.45. The van der Waals surface area contributed by atoms with E-state index < -0.39 is 0 Å². The summed E-state index contributed by atoms with van der Waals surface area (Å²) >= 11 is 3.61. The third-order valence-corrected chi connectivity index (χ3v) is 5.31. The number of hydrogen-bond acceptors (Lipinski definition) is 5. The molecule has 2 heterocycles. The highest BCUT2D eigenvalue weighted by atomic mass is 32.2. The maximum Gasteiger partial charge on any atom is 0.224 e. The molecule has 2 aromatic rings. The van der Waals surface area contributed by atoms with Crippen molar-refractivity contribution in [1.82, 2.24) is 9.97 Å². The van der Waals surface area contributed by atoms with Crippen LogP contribution in [0, 0.1) is 0 Å². The van der Waals surface area contributed by atoms with Crippen LogP contribution in [0.25, 0.3) is 10.2 Å². The number of nitrogens with one attached hydrogen (secondary N) is 1. The summed E-state index contributed by atoms with van der Waals surface area (Å²) in [5.74, 6) is 0.720. The van der Waals surface area contributed by atoms with Crippen LogP contribution in [0.2, 0.25) is 0 Å². The van der Waals surface area contributed by atoms with E-state index in [0.29, 0.717) is 5.25 Å². The minimum atomic E-state index is 0.581. The molecule has 0 spiro atoms. The highest BCUT2D eigenvalue weighted by Gasteiger charge is 2.13. The molecule has 0 radical (unpaired) electrons. The normalized spacial score (nSPS) is 12.9. The molecule has 0 aliphatic rings. The average Bonchev–Trinajstić information content (AvgIpc) is 2.81. The molecule has 1 unspecified atom stereocenters. The van der Waals surface area contributed by atoms with Crippen molar-refractivity contribution in [3.05, 3.63) is 10.9 Å². The van der Waals surface area contributed by atoms with Gasteiger partial charge in [0.05, 0.1) is 0 Å². The van der Waals surface area contributed by atoms with E-state index in [4.69, 9.17) is 0 Å². The average molecular weight is 281 g/mol. The Morgan fingerprint density at radius 2 is 2.17 bits per heavy atom. The first-order valence-corrected chi connectivity index (χ1v) is 8.02. The number of fused-ring (bicyclic) bond motifs is 1. The lowest BCUT2D eigenvalue weighted by Crippen LogP contribution is -1.99. The van der Waals surface area contributed by atoms with Crippen LogP contribution in [-0.2, 0) is 6.42 Å². The monoisotopic (exact) mass is 281 g/mol. The fourth-order valence-electron chi connectivity index (χ4n) is 1.59. The molecule has 0 saturated heterocycles. The molecule has 18 heavy (non-hydrogen) atoms. The number of aromatic nitrogens is 2. The van der Waals surface area contributed by atoms with Crippen LogP contribution in [0.5, 0.6) is 0 Å². The fraction of sp³-hybridized carbons (Fsp3) is 0.538. The largest absolute Gasteiger partial charge is 0.357 e. The molecule has 2 aromatic heterocycles. The quantitative estimate of drug-likeness (QED) is 0.659. The predicted molar refractivity (Wildman–Crippen MR) is 81.9 cm³/mol. The van der Waals surface area contributed by atoms with Gasteiger partial charge in [-0.25, -0.2) is 9.97 Å². The van der Waals surface area contributed by atoms with Gasteiger partial charge in [-0.15, -0.1) is 23.1 Å². The summed E-state index contributed by atoms with van der Waals surface area (Å²) in [6.45, 7) is 6.63. The van der Waals surface area contributed by atoms with Gasteiger partial charge in [0.1, 0.15) is 9.86 Å². The van der Waals surface area contributed by atoms with E-state index in [9.17, 15) is 0 Å². The van der Waals surface area contributed by atoms with Crippen molar-refractivity contribution in [1.29, 1.82) is 0 Å². The van der Waals surface area contributed by atoms with Gasteiger partial charge in [0, 0.05) is 22.6 Å². The van der Waals surface area contributed by atoms with Gasteiger partial charge in [0.15, 0.2) is 0 Å². The summed E-state index contributed by atoms with van der Waals surface area (Å²) < 4.78 is 0. The Hall–Kier alpha value is -0.810. The van der Waals surface area contributed by atoms with Crippen LogP contribution < -0.4 is 5.32 Å². The van der Waals surface area contributed by atoms with Gasteiger partial charge in [0.25, 0.3) is 0 Å². The third kappa shape index (κ3) is 2.78. The lowest BCUT2D eigenvalue weighted by atomic mass is 10.3. The molecule has 0 fully saturated rings. The summed E-state index contributed by atoms with van der Waals surface area (Å²) in [6, 6.07) is 2.24. The molecule has 0 aliphatic carbocycles. The molecule has 5 heteroatoms. The Bertz CT molecular complexity index is 536. The topological polar surface area (TPSA) is 37.8 Å². The van der Waals surface area contributed by atoms with E-state index in [1.54, 1.807) is 11.3 Å². The zero-order chi connectivity index (χ0) is 13.1. The zero-order valence-electron chi connectivity index (χ0n) is 11.3. The van der Waals surface area contributed by atoms with Crippen LogP contribution >= 0.6 is 23.1 Å². The first-order chi connectivity index (χ1) is 8.67. The van der Waals surface area contributed by atoms with Crippen LogP contribution in [-0.4, -0.2) is 22.3 Å². The molecule has 1 N–H and O–H groups in total. The smallest absolute Gasteiger partial charge is 0.224 e. The van der Waals surface area contributed by atoms with Crippen LogP contribution in [0.15, 0.2) is 11.1 Å². The third-order valence-electron chi connectivity index (χ3n) is 2.87. The molecule has 0 saturated carbocycles. The van der Waals surface area contributed by atoms with Gasteiger partial charge in [-0.3, -0.25) is 0 Å². The molecule has 3 nitrogen and oxygen atoms in total. The maximum absolute atomic E-state index is 4.60. The van der Waals surface area contributed by atoms with Crippen molar-refractivity contribution in [2.45, 2.75) is 43.9 Å². The summed E-state index contributed by atoms with van der Waals surface area (Å²) in [4.78, 5) is 11.6. The first kappa shape index (κ1) is 13.6. The highest BCUT2D eigenvalue weighted by molar-refractivity contribution is 8.00. The molecule has 98 valence electrons. The second-order valence-electron chi connectivity index (χ2n) is 4.22. The summed E-state index contributed by atoms with van der Waals surface area (Å²) in [7, 11) is 1.87. The summed E-state index contributed by atoms with van der Waals surface area (Å²) in [5.41, 5.74) is 0. The molecule has 2 rings (SSSR count). The Labute approximate surface area is 116 Å². The minimum absolute atomic E-state index is 0.581. The van der Waals surface area contributed by atoms with Crippen LogP contribution in [0.4, 0.5) is 5.95 Å². The van der Waals surface area contributed by atoms with Gasteiger partial charge in [-0.1, -0.05) is 20.8 Å². The standard InChI is InChI=1S/C13H19N3S2/c1-5-8(3)17-11-10-7-9(6-2)18-12(10)16-13(14-4)15-11/h7-8H,5-6H2,1-4H3,(H,14,15,16). The Balaban J connectivity index is 2.49. The van der Waals surface area contributed by atoms with Crippen molar-refractivity contribution in [3.63, 3.8) is 0 Å². The fourth-order valence-corrected chi connectivity index (χ4v) is 3.60. The SMILES string of the molecule is CCc1cc2c(SC(C)CC)nc(NC)nc2s1. The zero-order valence-corrected chi connectivity index (χ0v) is 12.9. The van der Waals surface area contributed by atoms with Crippen molar-refractivity contribution in [3.8, 4) is 0 Å².